The Hall–Kier alpha value is -2.54. The van der Waals surface area contributed by atoms with Crippen LogP contribution in [0, 0.1) is 5.92 Å². The molecule has 1 aromatic heterocycles. The summed E-state index contributed by atoms with van der Waals surface area (Å²) in [6, 6.07) is 1.05. The quantitative estimate of drug-likeness (QED) is 0.177. The van der Waals surface area contributed by atoms with Crippen LogP contribution in [-0.4, -0.2) is 65.9 Å². The lowest BCUT2D eigenvalue weighted by Gasteiger charge is -2.27. The van der Waals surface area contributed by atoms with Crippen molar-refractivity contribution in [2.75, 3.05) is 30.7 Å². The minimum Gasteiger partial charge on any atom is -0.480 e. The summed E-state index contributed by atoms with van der Waals surface area (Å²) in [4.78, 5) is 32.5. The average molecular weight is 549 g/mol. The number of nitrogens with two attached hydrogens (primary N) is 1. The van der Waals surface area contributed by atoms with Crippen molar-refractivity contribution in [1.82, 2.24) is 19.6 Å². The van der Waals surface area contributed by atoms with Crippen molar-refractivity contribution >= 4 is 56.7 Å². The van der Waals surface area contributed by atoms with E-state index in [4.69, 9.17) is 28.9 Å². The van der Waals surface area contributed by atoms with E-state index in [-0.39, 0.29) is 39.5 Å². The van der Waals surface area contributed by atoms with E-state index in [1.54, 1.807) is 12.4 Å². The van der Waals surface area contributed by atoms with Crippen molar-refractivity contribution in [3.05, 3.63) is 34.6 Å². The van der Waals surface area contributed by atoms with E-state index in [2.05, 4.69) is 20.0 Å². The van der Waals surface area contributed by atoms with Crippen LogP contribution in [-0.2, 0) is 19.6 Å². The van der Waals surface area contributed by atoms with Crippen molar-refractivity contribution in [3.63, 3.8) is 0 Å². The third-order valence-corrected chi connectivity index (χ3v) is 7.11. The van der Waals surface area contributed by atoms with Gasteiger partial charge in [-0.25, -0.2) is 13.4 Å². The van der Waals surface area contributed by atoms with Crippen LogP contribution in [0.3, 0.4) is 0 Å². The second kappa shape index (κ2) is 13.0. The highest BCUT2D eigenvalue weighted by Gasteiger charge is 2.30. The summed E-state index contributed by atoms with van der Waals surface area (Å²) in [5.41, 5.74) is 5.73. The number of hydrogen-bond acceptors (Lipinski definition) is 7. The second-order valence-corrected chi connectivity index (χ2v) is 10.8. The smallest absolute Gasteiger partial charge is 0.323 e. The van der Waals surface area contributed by atoms with E-state index in [9.17, 15) is 23.1 Å². The number of aliphatic carboxylic acids is 1. The third-order valence-electron chi connectivity index (χ3n) is 5.03. The van der Waals surface area contributed by atoms with Gasteiger partial charge in [-0.1, -0.05) is 37.0 Å². The molecule has 2 aromatic rings. The number of carbonyl (C=O) groups excluding carboxylic acids is 1. The number of hydrogen-bond donors (Lipinski definition) is 5. The van der Waals surface area contributed by atoms with Gasteiger partial charge in [0, 0.05) is 25.5 Å². The molecule has 1 aromatic carbocycles. The topological polar surface area (TPSA) is 171 Å². The average Bonchev–Trinajstić information content (AvgIpc) is 3.29. The van der Waals surface area contributed by atoms with Gasteiger partial charge >= 0.3 is 5.97 Å². The minimum absolute atomic E-state index is 0.0326. The lowest BCUT2D eigenvalue weighted by Crippen LogP contribution is -2.50. The van der Waals surface area contributed by atoms with Crippen LogP contribution < -0.4 is 15.8 Å². The first-order chi connectivity index (χ1) is 16.4. The Balaban J connectivity index is 2.26. The van der Waals surface area contributed by atoms with Crippen LogP contribution >= 0.6 is 23.2 Å². The first-order valence-corrected chi connectivity index (χ1v) is 13.1. The van der Waals surface area contributed by atoms with Crippen LogP contribution in [0.15, 0.2) is 29.4 Å². The second-order valence-electron chi connectivity index (χ2n) is 8.32. The van der Waals surface area contributed by atoms with Gasteiger partial charge in [-0.05, 0) is 37.3 Å². The van der Waals surface area contributed by atoms with Crippen molar-refractivity contribution in [1.29, 1.82) is 0 Å². The zero-order valence-electron chi connectivity index (χ0n) is 19.4. The molecule has 1 atom stereocenters. The Morgan fingerprint density at radius 3 is 2.43 bits per heavy atom. The number of aromatic amines is 1. The molecule has 194 valence electrons. The van der Waals surface area contributed by atoms with E-state index >= 15 is 0 Å². The van der Waals surface area contributed by atoms with Gasteiger partial charge in [0.05, 0.1) is 20.6 Å². The number of sulfonamides is 1. The van der Waals surface area contributed by atoms with Gasteiger partial charge in [-0.3, -0.25) is 9.59 Å². The zero-order valence-corrected chi connectivity index (χ0v) is 21.8. The lowest BCUT2D eigenvalue weighted by atomic mass is 10.1. The first-order valence-electron chi connectivity index (χ1n) is 10.9. The summed E-state index contributed by atoms with van der Waals surface area (Å²) in [6.07, 6.45) is 4.25. The molecule has 0 bridgehead atoms. The van der Waals surface area contributed by atoms with Gasteiger partial charge < -0.3 is 26.0 Å². The van der Waals surface area contributed by atoms with Crippen LogP contribution in [0.2, 0.25) is 10.0 Å². The Morgan fingerprint density at radius 1 is 1.23 bits per heavy atom. The SMILES string of the molecule is CC(C)CCN(CC(=O)O)C(=O)[C@H](CCCNc1ncc[nH]1)NS(=O)(=O)c1cc(Cl)c(N)c(Cl)c1. The molecule has 0 saturated heterocycles. The number of nitrogens with zero attached hydrogens (tertiary/aromatic N) is 2. The molecule has 1 amide bonds. The number of halogens is 2. The number of rotatable bonds is 14. The zero-order chi connectivity index (χ0) is 26.2. The molecule has 1 heterocycles. The molecule has 0 aliphatic carbocycles. The Kier molecular flexibility index (Phi) is 10.6. The van der Waals surface area contributed by atoms with Gasteiger partial charge in [0.2, 0.25) is 15.9 Å². The molecule has 35 heavy (non-hydrogen) atoms. The molecular weight excluding hydrogens is 519 g/mol. The number of carboxylic acids is 1. The fraction of sp³-hybridized carbons (Fsp3) is 0.476. The van der Waals surface area contributed by atoms with Gasteiger partial charge in [-0.15, -0.1) is 0 Å². The molecule has 6 N–H and O–H groups in total. The van der Waals surface area contributed by atoms with Crippen LogP contribution in [0.25, 0.3) is 0 Å². The molecule has 11 nitrogen and oxygen atoms in total. The normalized spacial score (nSPS) is 12.5. The first kappa shape index (κ1) is 28.7. The molecule has 0 spiro atoms. The Bertz CT molecular complexity index is 1090. The van der Waals surface area contributed by atoms with Crippen molar-refractivity contribution in [2.24, 2.45) is 5.92 Å². The summed E-state index contributed by atoms with van der Waals surface area (Å²) < 4.78 is 28.6. The highest BCUT2D eigenvalue weighted by molar-refractivity contribution is 7.89. The van der Waals surface area contributed by atoms with Gasteiger partial charge in [0.15, 0.2) is 5.95 Å². The molecule has 0 fully saturated rings. The standard InChI is InChI=1S/C21H30Cl2N6O5S/c1-13(2)5-9-29(12-18(30)31)20(32)17(4-3-6-25-21-26-7-8-27-21)28-35(33,34)14-10-15(22)19(24)16(23)11-14/h7-8,10-11,13,17,28H,3-6,9,12,24H2,1-2H3,(H,30,31)(H2,25,26,27)/t17-/m0/s1. The van der Waals surface area contributed by atoms with E-state index in [1.807, 2.05) is 13.8 Å². The molecule has 0 radical (unpaired) electrons. The third kappa shape index (κ3) is 8.88. The lowest BCUT2D eigenvalue weighted by molar-refractivity contribution is -0.145. The molecule has 0 unspecified atom stereocenters. The molecular formula is C21H30Cl2N6O5S. The summed E-state index contributed by atoms with van der Waals surface area (Å²) in [5, 5.41) is 12.2. The number of nitrogen functional groups attached to an aromatic ring is 1. The van der Waals surface area contributed by atoms with Gasteiger partial charge in [-0.2, -0.15) is 4.72 Å². The van der Waals surface area contributed by atoms with Gasteiger partial charge in [0.1, 0.15) is 12.6 Å². The van der Waals surface area contributed by atoms with E-state index in [0.29, 0.717) is 25.3 Å². The van der Waals surface area contributed by atoms with Crippen LogP contribution in [0.5, 0.6) is 0 Å². The van der Waals surface area contributed by atoms with Crippen molar-refractivity contribution in [3.8, 4) is 0 Å². The molecule has 0 aliphatic rings. The number of aromatic nitrogens is 2. The summed E-state index contributed by atoms with van der Waals surface area (Å²) in [6.45, 7) is 3.90. The number of H-pyrrole nitrogens is 1. The maximum atomic E-state index is 13.3. The number of anilines is 2. The minimum atomic E-state index is -4.25. The molecule has 0 saturated carbocycles. The molecule has 2 rings (SSSR count). The highest BCUT2D eigenvalue weighted by Crippen LogP contribution is 2.30. The summed E-state index contributed by atoms with van der Waals surface area (Å²) >= 11 is 12.0. The molecule has 0 aliphatic heterocycles. The van der Waals surface area contributed by atoms with Gasteiger partial charge in [0.25, 0.3) is 0 Å². The highest BCUT2D eigenvalue weighted by atomic mass is 35.5. The predicted molar refractivity (Wildman–Crippen MR) is 135 cm³/mol. The summed E-state index contributed by atoms with van der Waals surface area (Å²) in [5.74, 6) is -1.09. The van der Waals surface area contributed by atoms with Crippen molar-refractivity contribution < 1.29 is 23.1 Å². The Labute approximate surface area is 214 Å². The number of carboxylic acid groups (broad SMARTS) is 1. The Morgan fingerprint density at radius 2 is 1.89 bits per heavy atom. The fourth-order valence-electron chi connectivity index (χ4n) is 3.14. The van der Waals surface area contributed by atoms with Crippen LogP contribution in [0.4, 0.5) is 11.6 Å². The maximum Gasteiger partial charge on any atom is 0.323 e. The van der Waals surface area contributed by atoms with E-state index in [1.165, 1.54) is 0 Å². The number of nitrogens with one attached hydrogen (secondary N) is 3. The molecule has 14 heteroatoms. The van der Waals surface area contributed by atoms with E-state index in [0.717, 1.165) is 17.0 Å². The number of carbonyl (C=O) groups is 2. The number of imidazole rings is 1. The maximum absolute atomic E-state index is 13.3. The monoisotopic (exact) mass is 548 g/mol. The predicted octanol–water partition coefficient (Wildman–Crippen LogP) is 2.80. The fourth-order valence-corrected chi connectivity index (χ4v) is 5.04. The van der Waals surface area contributed by atoms with Crippen LogP contribution in [0.1, 0.15) is 33.1 Å². The number of amides is 1. The summed E-state index contributed by atoms with van der Waals surface area (Å²) in [7, 11) is -4.25. The van der Waals surface area contributed by atoms with E-state index < -0.39 is 34.5 Å². The van der Waals surface area contributed by atoms with Crippen molar-refractivity contribution in [2.45, 2.75) is 44.0 Å². The largest absolute Gasteiger partial charge is 0.480 e. The number of benzene rings is 1.